The summed E-state index contributed by atoms with van der Waals surface area (Å²) in [6.45, 7) is 1.13. The number of allylic oxidation sites excluding steroid dienone is 1. The van der Waals surface area contributed by atoms with Crippen LogP contribution in [0.1, 0.15) is 27.9 Å². The maximum Gasteiger partial charge on any atom is 0.189 e. The summed E-state index contributed by atoms with van der Waals surface area (Å²) in [4.78, 5) is 12.8. The number of ketones is 1. The molecule has 0 saturated heterocycles. The van der Waals surface area contributed by atoms with E-state index in [0.717, 1.165) is 46.6 Å². The molecule has 4 rings (SSSR count). The predicted molar refractivity (Wildman–Crippen MR) is 91.1 cm³/mol. The lowest BCUT2D eigenvalue weighted by Crippen LogP contribution is -2.15. The molecule has 0 N–H and O–H groups in total. The fourth-order valence-corrected chi connectivity index (χ4v) is 3.16. The van der Waals surface area contributed by atoms with Crippen LogP contribution in [0, 0.1) is 0 Å². The number of rotatable bonds is 2. The maximum atomic E-state index is 12.8. The summed E-state index contributed by atoms with van der Waals surface area (Å²) in [5.74, 6) is 2.28. The number of methoxy groups -OCH3 is 1. The average molecular weight is 322 g/mol. The highest BCUT2D eigenvalue weighted by Crippen LogP contribution is 2.33. The molecule has 1 aliphatic heterocycles. The molecule has 0 saturated carbocycles. The molecule has 4 heteroatoms. The highest BCUT2D eigenvalue weighted by atomic mass is 16.6. The molecular weight excluding hydrogens is 304 g/mol. The third kappa shape index (κ3) is 2.64. The molecule has 0 amide bonds. The molecule has 2 aliphatic rings. The lowest BCUT2D eigenvalue weighted by Gasteiger charge is -2.20. The Bertz CT molecular complexity index is 836. The van der Waals surface area contributed by atoms with Crippen LogP contribution in [-0.4, -0.2) is 26.1 Å². The standard InChI is InChI=1S/C20H18O4/c1-22-16-6-5-14-3-4-15(20(21)17(14)12-16)10-13-2-7-18-19(11-13)24-9-8-23-18/h2,5-7,10-12H,3-4,8-9H2,1H3/b15-10+. The summed E-state index contributed by atoms with van der Waals surface area (Å²) in [6.07, 6.45) is 3.55. The summed E-state index contributed by atoms with van der Waals surface area (Å²) < 4.78 is 16.4. The van der Waals surface area contributed by atoms with Gasteiger partial charge in [-0.1, -0.05) is 12.1 Å². The van der Waals surface area contributed by atoms with Gasteiger partial charge in [-0.15, -0.1) is 0 Å². The number of aryl methyl sites for hydroxylation is 1. The van der Waals surface area contributed by atoms with E-state index in [1.54, 1.807) is 7.11 Å². The van der Waals surface area contributed by atoms with E-state index in [1.807, 2.05) is 42.5 Å². The van der Waals surface area contributed by atoms with Gasteiger partial charge in [-0.25, -0.2) is 0 Å². The molecule has 2 aromatic carbocycles. The normalized spacial score (nSPS) is 17.5. The van der Waals surface area contributed by atoms with Crippen molar-refractivity contribution < 1.29 is 19.0 Å². The Hall–Kier alpha value is -2.75. The van der Waals surface area contributed by atoms with Crippen molar-refractivity contribution in [1.82, 2.24) is 0 Å². The quantitative estimate of drug-likeness (QED) is 0.791. The topological polar surface area (TPSA) is 44.8 Å². The third-order valence-electron chi connectivity index (χ3n) is 4.42. The Morgan fingerprint density at radius 1 is 1.00 bits per heavy atom. The van der Waals surface area contributed by atoms with Crippen LogP contribution in [-0.2, 0) is 6.42 Å². The summed E-state index contributed by atoms with van der Waals surface area (Å²) in [7, 11) is 1.61. The van der Waals surface area contributed by atoms with Crippen LogP contribution in [0.25, 0.3) is 6.08 Å². The van der Waals surface area contributed by atoms with Gasteiger partial charge in [0.15, 0.2) is 17.3 Å². The molecular formula is C20H18O4. The first-order valence-electron chi connectivity index (χ1n) is 8.06. The van der Waals surface area contributed by atoms with Gasteiger partial charge >= 0.3 is 0 Å². The van der Waals surface area contributed by atoms with Gasteiger partial charge < -0.3 is 14.2 Å². The van der Waals surface area contributed by atoms with E-state index in [-0.39, 0.29) is 5.78 Å². The Morgan fingerprint density at radius 3 is 2.67 bits per heavy atom. The average Bonchev–Trinajstić information content (AvgIpc) is 2.64. The molecule has 122 valence electrons. The second kappa shape index (κ2) is 6.04. The van der Waals surface area contributed by atoms with Crippen molar-refractivity contribution in [1.29, 1.82) is 0 Å². The molecule has 1 aliphatic carbocycles. The smallest absolute Gasteiger partial charge is 0.189 e. The lowest BCUT2D eigenvalue weighted by atomic mass is 9.86. The van der Waals surface area contributed by atoms with E-state index < -0.39 is 0 Å². The van der Waals surface area contributed by atoms with Crippen molar-refractivity contribution in [2.45, 2.75) is 12.8 Å². The highest BCUT2D eigenvalue weighted by Gasteiger charge is 2.22. The number of carbonyl (C=O) groups excluding carboxylic acids is 1. The molecule has 0 aromatic heterocycles. The van der Waals surface area contributed by atoms with Crippen LogP contribution in [0.2, 0.25) is 0 Å². The van der Waals surface area contributed by atoms with Crippen molar-refractivity contribution in [3.8, 4) is 17.2 Å². The molecule has 0 atom stereocenters. The first-order chi connectivity index (χ1) is 11.7. The van der Waals surface area contributed by atoms with Crippen molar-refractivity contribution in [3.05, 3.63) is 58.7 Å². The second-order valence-corrected chi connectivity index (χ2v) is 5.92. The SMILES string of the molecule is COc1ccc2c(c1)C(=O)/C(=C/c1ccc3c(c1)OCCO3)CC2. The van der Waals surface area contributed by atoms with Crippen LogP contribution in [0.5, 0.6) is 17.2 Å². The maximum absolute atomic E-state index is 12.8. The van der Waals surface area contributed by atoms with Crippen LogP contribution in [0.3, 0.4) is 0 Å². The molecule has 0 bridgehead atoms. The van der Waals surface area contributed by atoms with Gasteiger partial charge in [0.2, 0.25) is 0 Å². The molecule has 4 nitrogen and oxygen atoms in total. The molecule has 0 radical (unpaired) electrons. The molecule has 0 fully saturated rings. The van der Waals surface area contributed by atoms with Gasteiger partial charge in [0, 0.05) is 11.1 Å². The Balaban J connectivity index is 1.67. The van der Waals surface area contributed by atoms with Gasteiger partial charge in [0.1, 0.15) is 19.0 Å². The minimum absolute atomic E-state index is 0.0741. The van der Waals surface area contributed by atoms with E-state index in [2.05, 4.69) is 0 Å². The number of hydrogen-bond acceptors (Lipinski definition) is 4. The number of benzene rings is 2. The molecule has 24 heavy (non-hydrogen) atoms. The first kappa shape index (κ1) is 14.8. The van der Waals surface area contributed by atoms with Crippen LogP contribution in [0.4, 0.5) is 0 Å². The zero-order chi connectivity index (χ0) is 16.5. The number of carbonyl (C=O) groups is 1. The lowest BCUT2D eigenvalue weighted by molar-refractivity contribution is 0.102. The molecule has 0 unspecified atom stereocenters. The number of hydrogen-bond donors (Lipinski definition) is 0. The van der Waals surface area contributed by atoms with E-state index in [1.165, 1.54) is 0 Å². The Labute approximate surface area is 140 Å². The predicted octanol–water partition coefficient (Wildman–Crippen LogP) is 3.68. The fraction of sp³-hybridized carbons (Fsp3) is 0.250. The van der Waals surface area contributed by atoms with E-state index >= 15 is 0 Å². The highest BCUT2D eigenvalue weighted by molar-refractivity contribution is 6.13. The van der Waals surface area contributed by atoms with E-state index in [0.29, 0.717) is 19.0 Å². The van der Waals surface area contributed by atoms with E-state index in [9.17, 15) is 4.79 Å². The minimum Gasteiger partial charge on any atom is -0.497 e. The number of ether oxygens (including phenoxy) is 3. The Morgan fingerprint density at radius 2 is 1.83 bits per heavy atom. The summed E-state index contributed by atoms with van der Waals surface area (Å²) >= 11 is 0. The Kier molecular flexibility index (Phi) is 3.73. The third-order valence-corrected chi connectivity index (χ3v) is 4.42. The van der Waals surface area contributed by atoms with Gasteiger partial charge in [0.05, 0.1) is 7.11 Å². The molecule has 0 spiro atoms. The first-order valence-corrected chi connectivity index (χ1v) is 8.06. The zero-order valence-electron chi connectivity index (χ0n) is 13.5. The minimum atomic E-state index is 0.0741. The van der Waals surface area contributed by atoms with E-state index in [4.69, 9.17) is 14.2 Å². The zero-order valence-corrected chi connectivity index (χ0v) is 13.5. The van der Waals surface area contributed by atoms with Gasteiger partial charge in [-0.05, 0) is 54.3 Å². The number of Topliss-reactive ketones (excluding diaryl/α,β-unsaturated/α-hetero) is 1. The van der Waals surface area contributed by atoms with Gasteiger partial charge in [-0.2, -0.15) is 0 Å². The number of fused-ring (bicyclic) bond motifs is 2. The second-order valence-electron chi connectivity index (χ2n) is 5.92. The largest absolute Gasteiger partial charge is 0.497 e. The van der Waals surface area contributed by atoms with Crippen molar-refractivity contribution >= 4 is 11.9 Å². The van der Waals surface area contributed by atoms with Crippen LogP contribution >= 0.6 is 0 Å². The van der Waals surface area contributed by atoms with Crippen LogP contribution < -0.4 is 14.2 Å². The van der Waals surface area contributed by atoms with Gasteiger partial charge in [0.25, 0.3) is 0 Å². The molecule has 2 aromatic rings. The molecule has 1 heterocycles. The van der Waals surface area contributed by atoms with Crippen molar-refractivity contribution in [2.75, 3.05) is 20.3 Å². The van der Waals surface area contributed by atoms with Crippen molar-refractivity contribution in [3.63, 3.8) is 0 Å². The fourth-order valence-electron chi connectivity index (χ4n) is 3.16. The van der Waals surface area contributed by atoms with Gasteiger partial charge in [-0.3, -0.25) is 4.79 Å². The summed E-state index contributed by atoms with van der Waals surface area (Å²) in [5, 5.41) is 0. The summed E-state index contributed by atoms with van der Waals surface area (Å²) in [5.41, 5.74) is 3.59. The van der Waals surface area contributed by atoms with Crippen LogP contribution in [0.15, 0.2) is 42.0 Å². The monoisotopic (exact) mass is 322 g/mol. The summed E-state index contributed by atoms with van der Waals surface area (Å²) in [6, 6.07) is 11.5. The van der Waals surface area contributed by atoms with Crippen molar-refractivity contribution in [2.24, 2.45) is 0 Å².